The zero-order valence-electron chi connectivity index (χ0n) is 13.8. The molecule has 132 valence electrons. The molecule has 2 N–H and O–H groups in total. The van der Waals surface area contributed by atoms with Gasteiger partial charge in [0.15, 0.2) is 6.29 Å². The monoisotopic (exact) mass is 353 g/mol. The first-order valence-corrected chi connectivity index (χ1v) is 9.19. The largest absolute Gasteiger partial charge is 0.388 e. The molecule has 2 fully saturated rings. The van der Waals surface area contributed by atoms with Crippen molar-refractivity contribution in [2.45, 2.75) is 49.9 Å². The van der Waals surface area contributed by atoms with Gasteiger partial charge in [0.05, 0.1) is 12.6 Å². The molecular formula is C17H23NO5S. The molecule has 1 amide bonds. The molecule has 3 rings (SSSR count). The number of ether oxygens (including phenoxy) is 3. The predicted molar refractivity (Wildman–Crippen MR) is 90.4 cm³/mol. The van der Waals surface area contributed by atoms with E-state index in [2.05, 4.69) is 5.32 Å². The van der Waals surface area contributed by atoms with E-state index in [1.54, 1.807) is 11.8 Å². The lowest BCUT2D eigenvalue weighted by atomic mass is 9.96. The van der Waals surface area contributed by atoms with Gasteiger partial charge in [0.1, 0.15) is 23.7 Å². The maximum atomic E-state index is 11.5. The number of hydrogen-bond acceptors (Lipinski definition) is 6. The molecule has 0 bridgehead atoms. The van der Waals surface area contributed by atoms with E-state index in [1.807, 2.05) is 37.3 Å². The second kappa shape index (κ2) is 7.84. The number of carbonyl (C=O) groups is 1. The molecule has 1 aromatic rings. The fourth-order valence-electron chi connectivity index (χ4n) is 3.07. The van der Waals surface area contributed by atoms with E-state index < -0.39 is 24.5 Å². The SMILES string of the molecule is CCSC1OC2COC(c3ccccc3)OC2C(O)C1NC(C)=O. The molecule has 7 heteroatoms. The van der Waals surface area contributed by atoms with Crippen LogP contribution in [0.2, 0.25) is 0 Å². The first-order valence-electron chi connectivity index (χ1n) is 8.14. The molecule has 0 saturated carbocycles. The second-order valence-electron chi connectivity index (χ2n) is 5.89. The molecule has 0 spiro atoms. The molecular weight excluding hydrogens is 330 g/mol. The van der Waals surface area contributed by atoms with Crippen LogP contribution in [0.1, 0.15) is 25.7 Å². The van der Waals surface area contributed by atoms with E-state index in [1.165, 1.54) is 6.92 Å². The van der Waals surface area contributed by atoms with Crippen LogP contribution in [0.25, 0.3) is 0 Å². The lowest BCUT2D eigenvalue weighted by Gasteiger charge is -2.47. The van der Waals surface area contributed by atoms with Crippen molar-refractivity contribution >= 4 is 17.7 Å². The fraction of sp³-hybridized carbons (Fsp3) is 0.588. The summed E-state index contributed by atoms with van der Waals surface area (Å²) in [6.45, 7) is 3.79. The van der Waals surface area contributed by atoms with Crippen LogP contribution in [-0.4, -0.2) is 53.2 Å². The topological polar surface area (TPSA) is 77.0 Å². The molecule has 2 aliphatic heterocycles. The van der Waals surface area contributed by atoms with Crippen LogP contribution in [0.5, 0.6) is 0 Å². The summed E-state index contributed by atoms with van der Waals surface area (Å²) in [7, 11) is 0. The number of aliphatic hydroxyl groups is 1. The highest BCUT2D eigenvalue weighted by Crippen LogP contribution is 2.36. The molecule has 2 aliphatic rings. The van der Waals surface area contributed by atoms with Crippen molar-refractivity contribution in [1.29, 1.82) is 0 Å². The van der Waals surface area contributed by atoms with E-state index in [-0.39, 0.29) is 17.4 Å². The lowest BCUT2D eigenvalue weighted by molar-refractivity contribution is -0.306. The predicted octanol–water partition coefficient (Wildman–Crippen LogP) is 1.44. The summed E-state index contributed by atoms with van der Waals surface area (Å²) in [6, 6.07) is 9.08. The summed E-state index contributed by atoms with van der Waals surface area (Å²) < 4.78 is 17.8. The van der Waals surface area contributed by atoms with Crippen molar-refractivity contribution < 1.29 is 24.1 Å². The molecule has 6 atom stereocenters. The summed E-state index contributed by atoms with van der Waals surface area (Å²) in [4.78, 5) is 11.5. The fourth-order valence-corrected chi connectivity index (χ4v) is 4.05. The minimum absolute atomic E-state index is 0.200. The first kappa shape index (κ1) is 17.7. The molecule has 2 heterocycles. The minimum Gasteiger partial charge on any atom is -0.388 e. The number of nitrogens with one attached hydrogen (secondary N) is 1. The Balaban J connectivity index is 1.76. The van der Waals surface area contributed by atoms with Gasteiger partial charge in [-0.15, -0.1) is 11.8 Å². The molecule has 24 heavy (non-hydrogen) atoms. The molecule has 1 aromatic carbocycles. The van der Waals surface area contributed by atoms with E-state index in [4.69, 9.17) is 14.2 Å². The number of benzene rings is 1. The molecule has 6 unspecified atom stereocenters. The van der Waals surface area contributed by atoms with Gasteiger partial charge in [-0.1, -0.05) is 37.3 Å². The molecule has 6 nitrogen and oxygen atoms in total. The Morgan fingerprint density at radius 3 is 2.75 bits per heavy atom. The summed E-state index contributed by atoms with van der Waals surface area (Å²) in [6.07, 6.45) is -2.30. The Labute approximate surface area is 145 Å². The summed E-state index contributed by atoms with van der Waals surface area (Å²) in [5.41, 5.74) is 0.569. The number of hydrogen-bond donors (Lipinski definition) is 2. The maximum absolute atomic E-state index is 11.5. The Morgan fingerprint density at radius 2 is 2.08 bits per heavy atom. The van der Waals surface area contributed by atoms with E-state index in [0.717, 1.165) is 11.3 Å². The average molecular weight is 353 g/mol. The van der Waals surface area contributed by atoms with Gasteiger partial charge in [-0.2, -0.15) is 0 Å². The van der Waals surface area contributed by atoms with Crippen molar-refractivity contribution in [1.82, 2.24) is 5.32 Å². The van der Waals surface area contributed by atoms with Crippen molar-refractivity contribution in [2.75, 3.05) is 12.4 Å². The smallest absolute Gasteiger partial charge is 0.217 e. The van der Waals surface area contributed by atoms with E-state index in [9.17, 15) is 9.90 Å². The minimum atomic E-state index is -0.855. The van der Waals surface area contributed by atoms with Crippen LogP contribution in [0, 0.1) is 0 Å². The Bertz CT molecular complexity index is 557. The van der Waals surface area contributed by atoms with Crippen molar-refractivity contribution in [3.63, 3.8) is 0 Å². The number of rotatable bonds is 4. The molecule has 0 radical (unpaired) electrons. The molecule has 0 aromatic heterocycles. The van der Waals surface area contributed by atoms with Crippen LogP contribution < -0.4 is 5.32 Å². The van der Waals surface area contributed by atoms with E-state index in [0.29, 0.717) is 6.61 Å². The third-order valence-corrected chi connectivity index (χ3v) is 5.20. The van der Waals surface area contributed by atoms with Gasteiger partial charge < -0.3 is 24.6 Å². The third-order valence-electron chi connectivity index (χ3n) is 4.14. The van der Waals surface area contributed by atoms with Crippen molar-refractivity contribution in [3.8, 4) is 0 Å². The maximum Gasteiger partial charge on any atom is 0.217 e. The average Bonchev–Trinajstić information content (AvgIpc) is 2.59. The highest BCUT2D eigenvalue weighted by Gasteiger charge is 2.49. The number of carbonyl (C=O) groups excluding carboxylic acids is 1. The Hall–Kier alpha value is -1.12. The number of fused-ring (bicyclic) bond motifs is 1. The van der Waals surface area contributed by atoms with Crippen LogP contribution in [0.15, 0.2) is 30.3 Å². The zero-order valence-corrected chi connectivity index (χ0v) is 14.6. The molecule has 0 aliphatic carbocycles. The van der Waals surface area contributed by atoms with Gasteiger partial charge in [-0.05, 0) is 5.75 Å². The zero-order chi connectivity index (χ0) is 17.1. The second-order valence-corrected chi connectivity index (χ2v) is 7.27. The summed E-state index contributed by atoms with van der Waals surface area (Å²) in [5.74, 6) is 0.619. The Kier molecular flexibility index (Phi) is 5.78. The standard InChI is InChI=1S/C17H23NO5S/c1-3-24-17-13(18-10(2)19)14(20)15-12(22-17)9-21-16(23-15)11-7-5-4-6-8-11/h4-8,12-17,20H,3,9H2,1-2H3,(H,18,19). The summed E-state index contributed by atoms with van der Waals surface area (Å²) in [5, 5.41) is 13.6. The quantitative estimate of drug-likeness (QED) is 0.853. The van der Waals surface area contributed by atoms with E-state index >= 15 is 0 Å². The highest BCUT2D eigenvalue weighted by molar-refractivity contribution is 7.99. The normalized spacial score (nSPS) is 36.0. The van der Waals surface area contributed by atoms with Gasteiger partial charge in [0, 0.05) is 12.5 Å². The number of amides is 1. The van der Waals surface area contributed by atoms with Crippen molar-refractivity contribution in [3.05, 3.63) is 35.9 Å². The van der Waals surface area contributed by atoms with Crippen LogP contribution in [-0.2, 0) is 19.0 Å². The highest BCUT2D eigenvalue weighted by atomic mass is 32.2. The van der Waals surface area contributed by atoms with Crippen LogP contribution in [0.3, 0.4) is 0 Å². The third kappa shape index (κ3) is 3.75. The first-order chi connectivity index (χ1) is 11.6. The van der Waals surface area contributed by atoms with Gasteiger partial charge in [-0.25, -0.2) is 0 Å². The van der Waals surface area contributed by atoms with Gasteiger partial charge >= 0.3 is 0 Å². The Morgan fingerprint density at radius 1 is 1.33 bits per heavy atom. The number of thioether (sulfide) groups is 1. The van der Waals surface area contributed by atoms with Crippen LogP contribution in [0.4, 0.5) is 0 Å². The van der Waals surface area contributed by atoms with Gasteiger partial charge in [-0.3, -0.25) is 4.79 Å². The van der Waals surface area contributed by atoms with Crippen molar-refractivity contribution in [2.24, 2.45) is 0 Å². The lowest BCUT2D eigenvalue weighted by Crippen LogP contribution is -2.65. The number of aliphatic hydroxyl groups excluding tert-OH is 1. The van der Waals surface area contributed by atoms with Crippen LogP contribution >= 0.6 is 11.8 Å². The summed E-state index contributed by atoms with van der Waals surface area (Å²) >= 11 is 1.55. The van der Waals surface area contributed by atoms with Gasteiger partial charge in [0.25, 0.3) is 0 Å². The molecule has 2 saturated heterocycles. The van der Waals surface area contributed by atoms with Gasteiger partial charge in [0.2, 0.25) is 5.91 Å².